The molecule has 1 aliphatic rings. The zero-order valence-electron chi connectivity index (χ0n) is 4.41. The van der Waals surface area contributed by atoms with Gasteiger partial charge in [-0.25, -0.2) is 4.99 Å². The van der Waals surface area contributed by atoms with Gasteiger partial charge >= 0.3 is 0 Å². The van der Waals surface area contributed by atoms with Crippen LogP contribution >= 0.6 is 11.6 Å². The number of hydrogen-bond donors (Lipinski definition) is 1. The van der Waals surface area contributed by atoms with Gasteiger partial charge in [0.25, 0.3) is 5.91 Å². The molecule has 1 aliphatic heterocycles. The summed E-state index contributed by atoms with van der Waals surface area (Å²) in [6.45, 7) is 0. The van der Waals surface area contributed by atoms with Gasteiger partial charge in [0.1, 0.15) is 5.38 Å². The number of guanidine groups is 1. The van der Waals surface area contributed by atoms with Gasteiger partial charge in [0.05, 0.1) is 0 Å². The Labute approximate surface area is 56.4 Å². The summed E-state index contributed by atoms with van der Waals surface area (Å²) >= 11 is 5.37. The van der Waals surface area contributed by atoms with Gasteiger partial charge < -0.3 is 5.73 Å². The van der Waals surface area contributed by atoms with Crippen LogP contribution in [0.4, 0.5) is 0 Å². The molecule has 4 nitrogen and oxygen atoms in total. The Hall–Kier alpha value is -0.900. The SMILES string of the molecule is NC1=NC(=O)C(Cl)C=N1. The number of hydrogen-bond acceptors (Lipinski definition) is 3. The van der Waals surface area contributed by atoms with E-state index >= 15 is 0 Å². The number of nitrogens with zero attached hydrogens (tertiary/aromatic N) is 2. The van der Waals surface area contributed by atoms with Crippen molar-refractivity contribution in [3.63, 3.8) is 0 Å². The predicted molar refractivity (Wildman–Crippen MR) is 34.8 cm³/mol. The van der Waals surface area contributed by atoms with Gasteiger partial charge in [-0.3, -0.25) is 4.79 Å². The number of amides is 1. The fourth-order valence-electron chi connectivity index (χ4n) is 0.409. The van der Waals surface area contributed by atoms with Crippen LogP contribution in [-0.4, -0.2) is 23.5 Å². The van der Waals surface area contributed by atoms with Crippen molar-refractivity contribution in [1.29, 1.82) is 0 Å². The number of carbonyl (C=O) groups excluding carboxylic acids is 1. The minimum Gasteiger partial charge on any atom is -0.368 e. The Balaban J connectivity index is 2.82. The minimum absolute atomic E-state index is 0.0306. The van der Waals surface area contributed by atoms with E-state index in [0.717, 1.165) is 0 Å². The molecule has 9 heavy (non-hydrogen) atoms. The van der Waals surface area contributed by atoms with Crippen LogP contribution in [0.5, 0.6) is 0 Å². The molecule has 1 amide bonds. The second-order valence-electron chi connectivity index (χ2n) is 1.49. The lowest BCUT2D eigenvalue weighted by molar-refractivity contribution is -0.116. The van der Waals surface area contributed by atoms with E-state index in [1.165, 1.54) is 6.21 Å². The van der Waals surface area contributed by atoms with Crippen molar-refractivity contribution in [2.24, 2.45) is 15.7 Å². The van der Waals surface area contributed by atoms with Crippen molar-refractivity contribution in [2.75, 3.05) is 0 Å². The first-order valence-electron chi connectivity index (χ1n) is 2.26. The van der Waals surface area contributed by atoms with Crippen molar-refractivity contribution in [3.8, 4) is 0 Å². The summed E-state index contributed by atoms with van der Waals surface area (Å²) in [5, 5.41) is -0.739. The summed E-state index contributed by atoms with van der Waals surface area (Å²) in [5.41, 5.74) is 5.06. The van der Waals surface area contributed by atoms with Gasteiger partial charge in [0.2, 0.25) is 5.96 Å². The third-order valence-electron chi connectivity index (χ3n) is 0.798. The van der Waals surface area contributed by atoms with E-state index in [1.807, 2.05) is 0 Å². The average molecular weight is 146 g/mol. The van der Waals surface area contributed by atoms with Gasteiger partial charge in [-0.15, -0.1) is 11.6 Å². The second kappa shape index (κ2) is 2.14. The standard InChI is InChI=1S/C4H4ClN3O/c5-2-1-7-4(6)8-3(2)9/h1-2H,(H2,6,8,9). The maximum atomic E-state index is 10.5. The highest BCUT2D eigenvalue weighted by Gasteiger charge is 2.15. The van der Waals surface area contributed by atoms with Crippen LogP contribution < -0.4 is 5.73 Å². The molecular formula is C4H4ClN3O. The zero-order valence-corrected chi connectivity index (χ0v) is 5.17. The Morgan fingerprint density at radius 1 is 1.78 bits per heavy atom. The molecule has 0 aliphatic carbocycles. The number of nitrogens with two attached hydrogens (primary N) is 1. The lowest BCUT2D eigenvalue weighted by Crippen LogP contribution is -2.24. The van der Waals surface area contributed by atoms with Gasteiger partial charge in [0.15, 0.2) is 0 Å². The monoisotopic (exact) mass is 145 g/mol. The first-order chi connectivity index (χ1) is 4.20. The fraction of sp³-hybridized carbons (Fsp3) is 0.250. The van der Waals surface area contributed by atoms with E-state index in [1.54, 1.807) is 0 Å². The van der Waals surface area contributed by atoms with Crippen LogP contribution in [0, 0.1) is 0 Å². The Morgan fingerprint density at radius 2 is 2.44 bits per heavy atom. The molecule has 1 heterocycles. The molecule has 2 N–H and O–H groups in total. The van der Waals surface area contributed by atoms with Crippen LogP contribution in [0.25, 0.3) is 0 Å². The first-order valence-corrected chi connectivity index (χ1v) is 2.70. The highest BCUT2D eigenvalue weighted by molar-refractivity contribution is 6.41. The molecule has 5 heteroatoms. The van der Waals surface area contributed by atoms with E-state index in [2.05, 4.69) is 9.98 Å². The average Bonchev–Trinajstić information content (AvgIpc) is 1.80. The predicted octanol–water partition coefficient (Wildman–Crippen LogP) is -0.481. The van der Waals surface area contributed by atoms with E-state index < -0.39 is 11.3 Å². The molecule has 48 valence electrons. The summed E-state index contributed by atoms with van der Waals surface area (Å²) in [5.74, 6) is -0.485. The molecule has 0 fully saturated rings. The van der Waals surface area contributed by atoms with Gasteiger partial charge in [-0.05, 0) is 0 Å². The molecule has 1 unspecified atom stereocenters. The van der Waals surface area contributed by atoms with Crippen molar-refractivity contribution >= 4 is 29.7 Å². The molecule has 0 bridgehead atoms. The van der Waals surface area contributed by atoms with Crippen molar-refractivity contribution < 1.29 is 4.79 Å². The summed E-state index contributed by atoms with van der Waals surface area (Å²) < 4.78 is 0. The molecule has 1 atom stereocenters. The van der Waals surface area contributed by atoms with Crippen LogP contribution in [0.1, 0.15) is 0 Å². The van der Waals surface area contributed by atoms with E-state index in [9.17, 15) is 4.79 Å². The van der Waals surface area contributed by atoms with Crippen LogP contribution in [-0.2, 0) is 4.79 Å². The maximum Gasteiger partial charge on any atom is 0.272 e. The Kier molecular flexibility index (Phi) is 1.48. The van der Waals surface area contributed by atoms with Gasteiger partial charge in [-0.2, -0.15) is 4.99 Å². The van der Waals surface area contributed by atoms with Crippen molar-refractivity contribution in [2.45, 2.75) is 5.38 Å². The largest absolute Gasteiger partial charge is 0.368 e. The quantitative estimate of drug-likeness (QED) is 0.468. The number of carbonyl (C=O) groups is 1. The minimum atomic E-state index is -0.739. The second-order valence-corrected chi connectivity index (χ2v) is 1.96. The normalized spacial score (nSPS) is 26.1. The number of halogens is 1. The van der Waals surface area contributed by atoms with Crippen molar-refractivity contribution in [3.05, 3.63) is 0 Å². The highest BCUT2D eigenvalue weighted by atomic mass is 35.5. The smallest absolute Gasteiger partial charge is 0.272 e. The summed E-state index contributed by atoms with van der Waals surface area (Å²) in [7, 11) is 0. The Bertz CT molecular complexity index is 198. The van der Waals surface area contributed by atoms with Crippen LogP contribution in [0.2, 0.25) is 0 Å². The molecule has 0 radical (unpaired) electrons. The molecule has 0 aromatic rings. The van der Waals surface area contributed by atoms with Gasteiger partial charge in [0, 0.05) is 6.21 Å². The number of rotatable bonds is 0. The van der Waals surface area contributed by atoms with Crippen LogP contribution in [0.3, 0.4) is 0 Å². The third kappa shape index (κ3) is 1.26. The number of alkyl halides is 1. The third-order valence-corrected chi connectivity index (χ3v) is 1.10. The lowest BCUT2D eigenvalue weighted by atomic mass is 10.4. The lowest BCUT2D eigenvalue weighted by Gasteiger charge is -2.01. The highest BCUT2D eigenvalue weighted by Crippen LogP contribution is 1.99. The van der Waals surface area contributed by atoms with E-state index in [-0.39, 0.29) is 5.96 Å². The van der Waals surface area contributed by atoms with Crippen molar-refractivity contribution in [1.82, 2.24) is 0 Å². The molecule has 0 aromatic heterocycles. The first kappa shape index (κ1) is 6.22. The molecule has 0 saturated heterocycles. The molecule has 1 rings (SSSR count). The summed E-state index contributed by atoms with van der Waals surface area (Å²) in [6, 6.07) is 0. The molecule has 0 saturated carbocycles. The molecule has 0 spiro atoms. The Morgan fingerprint density at radius 3 is 2.89 bits per heavy atom. The topological polar surface area (TPSA) is 67.8 Å². The zero-order chi connectivity index (χ0) is 6.85. The fourth-order valence-corrected chi connectivity index (χ4v) is 0.514. The molecular weight excluding hydrogens is 142 g/mol. The van der Waals surface area contributed by atoms with Crippen LogP contribution in [0.15, 0.2) is 9.98 Å². The van der Waals surface area contributed by atoms with E-state index in [0.29, 0.717) is 0 Å². The maximum absolute atomic E-state index is 10.5. The summed E-state index contributed by atoms with van der Waals surface area (Å²) in [6.07, 6.45) is 1.26. The van der Waals surface area contributed by atoms with E-state index in [4.69, 9.17) is 17.3 Å². The molecule has 0 aromatic carbocycles. The summed E-state index contributed by atoms with van der Waals surface area (Å²) in [4.78, 5) is 17.3. The van der Waals surface area contributed by atoms with Gasteiger partial charge in [-0.1, -0.05) is 0 Å². The number of aliphatic imine (C=N–C) groups is 2.